The van der Waals surface area contributed by atoms with Crippen LogP contribution in [-0.4, -0.2) is 38.1 Å². The van der Waals surface area contributed by atoms with Gasteiger partial charge in [0.05, 0.1) is 0 Å². The average molecular weight is 226 g/mol. The third-order valence-electron chi connectivity index (χ3n) is 3.71. The molecule has 0 aromatic rings. The van der Waals surface area contributed by atoms with E-state index in [1.54, 1.807) is 0 Å². The van der Waals surface area contributed by atoms with Crippen LogP contribution in [0.1, 0.15) is 46.5 Å². The summed E-state index contributed by atoms with van der Waals surface area (Å²) in [7, 11) is 2.04. The highest BCUT2D eigenvalue weighted by Gasteiger charge is 2.43. The molecule has 2 heteroatoms. The molecule has 0 radical (unpaired) electrons. The minimum atomic E-state index is 0.698. The van der Waals surface area contributed by atoms with Crippen molar-refractivity contribution in [3.05, 3.63) is 0 Å². The molecule has 16 heavy (non-hydrogen) atoms. The molecule has 1 N–H and O–H groups in total. The Morgan fingerprint density at radius 3 is 2.44 bits per heavy atom. The standard InChI is InChI=1S/C14H30N2/c1-5-16(10-6-9-15-4)12-14(7-8-14)11-13(2)3/h13,15H,5-12H2,1-4H3. The molecule has 0 spiro atoms. The van der Waals surface area contributed by atoms with Crippen molar-refractivity contribution in [3.8, 4) is 0 Å². The summed E-state index contributed by atoms with van der Waals surface area (Å²) in [5, 5.41) is 3.23. The fourth-order valence-corrected chi connectivity index (χ4v) is 2.77. The zero-order valence-corrected chi connectivity index (χ0v) is 11.7. The predicted molar refractivity (Wildman–Crippen MR) is 71.8 cm³/mol. The van der Waals surface area contributed by atoms with Crippen molar-refractivity contribution in [1.29, 1.82) is 0 Å². The predicted octanol–water partition coefficient (Wildman–Crippen LogP) is 2.74. The molecule has 2 nitrogen and oxygen atoms in total. The Kier molecular flexibility index (Phi) is 5.77. The molecule has 0 amide bonds. The van der Waals surface area contributed by atoms with Gasteiger partial charge in [0.2, 0.25) is 0 Å². The van der Waals surface area contributed by atoms with Gasteiger partial charge in [-0.3, -0.25) is 0 Å². The normalized spacial score (nSPS) is 18.4. The van der Waals surface area contributed by atoms with Gasteiger partial charge in [0.25, 0.3) is 0 Å². The van der Waals surface area contributed by atoms with Gasteiger partial charge >= 0.3 is 0 Å². The Morgan fingerprint density at radius 2 is 2.00 bits per heavy atom. The van der Waals surface area contributed by atoms with Crippen LogP contribution in [0.25, 0.3) is 0 Å². The lowest BCUT2D eigenvalue weighted by molar-refractivity contribution is 0.207. The number of nitrogens with zero attached hydrogens (tertiary/aromatic N) is 1. The van der Waals surface area contributed by atoms with Crippen LogP contribution in [0, 0.1) is 11.3 Å². The van der Waals surface area contributed by atoms with Crippen LogP contribution in [0.3, 0.4) is 0 Å². The van der Waals surface area contributed by atoms with Crippen molar-refractivity contribution in [3.63, 3.8) is 0 Å². The summed E-state index contributed by atoms with van der Waals surface area (Å²) in [5.41, 5.74) is 0.698. The van der Waals surface area contributed by atoms with Gasteiger partial charge in [-0.05, 0) is 63.7 Å². The Morgan fingerprint density at radius 1 is 1.31 bits per heavy atom. The van der Waals surface area contributed by atoms with Gasteiger partial charge in [-0.15, -0.1) is 0 Å². The summed E-state index contributed by atoms with van der Waals surface area (Å²) >= 11 is 0. The first-order chi connectivity index (χ1) is 7.62. The van der Waals surface area contributed by atoms with Crippen LogP contribution in [0.15, 0.2) is 0 Å². The lowest BCUT2D eigenvalue weighted by atomic mass is 9.93. The van der Waals surface area contributed by atoms with Crippen molar-refractivity contribution >= 4 is 0 Å². The number of hydrogen-bond donors (Lipinski definition) is 1. The summed E-state index contributed by atoms with van der Waals surface area (Å²) in [6, 6.07) is 0. The molecule has 0 heterocycles. The third kappa shape index (κ3) is 4.84. The van der Waals surface area contributed by atoms with Crippen LogP contribution in [0.2, 0.25) is 0 Å². The monoisotopic (exact) mass is 226 g/mol. The number of hydrogen-bond acceptors (Lipinski definition) is 2. The Bertz CT molecular complexity index is 185. The van der Waals surface area contributed by atoms with Crippen LogP contribution in [-0.2, 0) is 0 Å². The summed E-state index contributed by atoms with van der Waals surface area (Å²) in [6.07, 6.45) is 5.64. The van der Waals surface area contributed by atoms with E-state index in [-0.39, 0.29) is 0 Å². The molecule has 0 unspecified atom stereocenters. The molecular weight excluding hydrogens is 196 g/mol. The Balaban J connectivity index is 2.26. The minimum absolute atomic E-state index is 0.698. The third-order valence-corrected chi connectivity index (χ3v) is 3.71. The van der Waals surface area contributed by atoms with Gasteiger partial charge in [-0.2, -0.15) is 0 Å². The molecule has 96 valence electrons. The van der Waals surface area contributed by atoms with Gasteiger partial charge in [0.15, 0.2) is 0 Å². The maximum absolute atomic E-state index is 3.23. The molecular formula is C14H30N2. The lowest BCUT2D eigenvalue weighted by Crippen LogP contribution is -2.33. The van der Waals surface area contributed by atoms with E-state index >= 15 is 0 Å². The number of rotatable bonds is 9. The fourth-order valence-electron chi connectivity index (χ4n) is 2.77. The van der Waals surface area contributed by atoms with E-state index in [1.807, 2.05) is 7.05 Å². The van der Waals surface area contributed by atoms with E-state index in [4.69, 9.17) is 0 Å². The smallest absolute Gasteiger partial charge is 0.00380 e. The molecule has 1 aliphatic carbocycles. The SMILES string of the molecule is CCN(CCCNC)CC1(CC(C)C)CC1. The van der Waals surface area contributed by atoms with E-state index < -0.39 is 0 Å². The highest BCUT2D eigenvalue weighted by atomic mass is 15.1. The topological polar surface area (TPSA) is 15.3 Å². The second-order valence-corrected chi connectivity index (χ2v) is 5.92. The minimum Gasteiger partial charge on any atom is -0.320 e. The molecule has 1 saturated carbocycles. The lowest BCUT2D eigenvalue weighted by Gasteiger charge is -2.27. The van der Waals surface area contributed by atoms with Crippen LogP contribution in [0.4, 0.5) is 0 Å². The van der Waals surface area contributed by atoms with Crippen molar-refractivity contribution in [2.24, 2.45) is 11.3 Å². The maximum atomic E-state index is 3.23. The van der Waals surface area contributed by atoms with Crippen molar-refractivity contribution in [2.45, 2.75) is 46.5 Å². The molecule has 1 fully saturated rings. The molecule has 1 rings (SSSR count). The van der Waals surface area contributed by atoms with E-state index in [9.17, 15) is 0 Å². The van der Waals surface area contributed by atoms with Crippen LogP contribution in [0.5, 0.6) is 0 Å². The molecule has 0 aromatic heterocycles. The molecule has 0 atom stereocenters. The van der Waals surface area contributed by atoms with E-state index in [0.29, 0.717) is 5.41 Å². The van der Waals surface area contributed by atoms with Gasteiger partial charge in [-0.25, -0.2) is 0 Å². The van der Waals surface area contributed by atoms with E-state index in [0.717, 1.165) is 12.5 Å². The molecule has 0 aromatic carbocycles. The van der Waals surface area contributed by atoms with Crippen LogP contribution < -0.4 is 5.32 Å². The van der Waals surface area contributed by atoms with Gasteiger partial charge < -0.3 is 10.2 Å². The van der Waals surface area contributed by atoms with Crippen LogP contribution >= 0.6 is 0 Å². The first kappa shape index (κ1) is 14.0. The second kappa shape index (κ2) is 6.61. The summed E-state index contributed by atoms with van der Waals surface area (Å²) in [5.74, 6) is 0.860. The van der Waals surface area contributed by atoms with Gasteiger partial charge in [0.1, 0.15) is 0 Å². The van der Waals surface area contributed by atoms with Gasteiger partial charge in [-0.1, -0.05) is 20.8 Å². The summed E-state index contributed by atoms with van der Waals surface area (Å²) in [6.45, 7) is 12.0. The first-order valence-electron chi connectivity index (χ1n) is 6.99. The first-order valence-corrected chi connectivity index (χ1v) is 6.99. The van der Waals surface area contributed by atoms with Crippen molar-refractivity contribution in [1.82, 2.24) is 10.2 Å². The average Bonchev–Trinajstić information content (AvgIpc) is 2.96. The van der Waals surface area contributed by atoms with Crippen molar-refractivity contribution < 1.29 is 0 Å². The Labute approximate surface area is 102 Å². The van der Waals surface area contributed by atoms with E-state index in [2.05, 4.69) is 31.0 Å². The number of nitrogens with one attached hydrogen (secondary N) is 1. The van der Waals surface area contributed by atoms with Gasteiger partial charge in [0, 0.05) is 6.54 Å². The van der Waals surface area contributed by atoms with Crippen molar-refractivity contribution in [2.75, 3.05) is 33.2 Å². The summed E-state index contributed by atoms with van der Waals surface area (Å²) < 4.78 is 0. The molecule has 0 aliphatic heterocycles. The maximum Gasteiger partial charge on any atom is 0.00380 e. The zero-order chi connectivity index (χ0) is 12.0. The highest BCUT2D eigenvalue weighted by molar-refractivity contribution is 4.95. The molecule has 1 aliphatic rings. The quantitative estimate of drug-likeness (QED) is 0.608. The molecule has 0 bridgehead atoms. The highest BCUT2D eigenvalue weighted by Crippen LogP contribution is 2.51. The zero-order valence-electron chi connectivity index (χ0n) is 11.7. The Hall–Kier alpha value is -0.0800. The largest absolute Gasteiger partial charge is 0.320 e. The van der Waals surface area contributed by atoms with E-state index in [1.165, 1.54) is 45.3 Å². The fraction of sp³-hybridized carbons (Fsp3) is 1.00. The molecule has 0 saturated heterocycles. The second-order valence-electron chi connectivity index (χ2n) is 5.92. The summed E-state index contributed by atoms with van der Waals surface area (Å²) in [4.78, 5) is 2.65.